The summed E-state index contributed by atoms with van der Waals surface area (Å²) in [6.07, 6.45) is 2.13. The Balaban J connectivity index is 1.81. The van der Waals surface area contributed by atoms with Gasteiger partial charge in [-0.05, 0) is 37.3 Å². The molecule has 0 saturated carbocycles. The van der Waals surface area contributed by atoms with Crippen LogP contribution in [0.4, 0.5) is 4.79 Å². The Kier molecular flexibility index (Phi) is 4.45. The molecular weight excluding hydrogens is 326 g/mol. The molecule has 2 aliphatic heterocycles. The van der Waals surface area contributed by atoms with E-state index in [0.717, 1.165) is 30.4 Å². The maximum atomic E-state index is 12.6. The highest BCUT2D eigenvalue weighted by atomic mass is 16.6. The van der Waals surface area contributed by atoms with Crippen molar-refractivity contribution in [3.63, 3.8) is 0 Å². The number of benzene rings is 2. The lowest BCUT2D eigenvalue weighted by Crippen LogP contribution is -2.59. The molecule has 0 aromatic heterocycles. The molecule has 2 aromatic rings. The van der Waals surface area contributed by atoms with E-state index in [1.807, 2.05) is 55.5 Å². The van der Waals surface area contributed by atoms with Crippen molar-refractivity contribution in [3.05, 3.63) is 71.8 Å². The second-order valence-electron chi connectivity index (χ2n) is 7.24. The Morgan fingerprint density at radius 3 is 2.42 bits per heavy atom. The first-order valence-corrected chi connectivity index (χ1v) is 9.44. The highest BCUT2D eigenvalue weighted by molar-refractivity contribution is 5.70. The SMILES string of the molecule is CCOC(=O)N1[C@H]2CC[C@@H]1[C@](O)(c1ccccc1)[C@@H](c1ccccc1)C2. The predicted octanol–water partition coefficient (Wildman–Crippen LogP) is 4.05. The minimum Gasteiger partial charge on any atom is -0.450 e. The number of carbonyl (C=O) groups excluding carboxylic acids is 1. The van der Waals surface area contributed by atoms with Crippen LogP contribution in [0.2, 0.25) is 0 Å². The van der Waals surface area contributed by atoms with Crippen LogP contribution < -0.4 is 0 Å². The number of rotatable bonds is 3. The molecule has 2 bridgehead atoms. The fraction of sp³-hybridized carbons (Fsp3) is 0.409. The van der Waals surface area contributed by atoms with Gasteiger partial charge in [0, 0.05) is 12.0 Å². The van der Waals surface area contributed by atoms with Crippen LogP contribution in [0, 0.1) is 0 Å². The van der Waals surface area contributed by atoms with E-state index in [0.29, 0.717) is 6.61 Å². The van der Waals surface area contributed by atoms with Gasteiger partial charge in [-0.1, -0.05) is 60.7 Å². The third-order valence-corrected chi connectivity index (χ3v) is 5.97. The average Bonchev–Trinajstić information content (AvgIpc) is 3.05. The standard InChI is InChI=1S/C22H25NO3/c1-2-26-21(24)23-18-13-14-20(23)22(25,17-11-7-4-8-12-17)19(15-18)16-9-5-3-6-10-16/h3-12,18-20,25H,2,13-15H2,1H3/t18-,19+,20+,22-/m0/s1. The summed E-state index contributed by atoms with van der Waals surface area (Å²) in [5.41, 5.74) is 0.871. The third kappa shape index (κ3) is 2.60. The quantitative estimate of drug-likeness (QED) is 0.907. The highest BCUT2D eigenvalue weighted by Crippen LogP contribution is 2.54. The molecule has 2 heterocycles. The van der Waals surface area contributed by atoms with Crippen LogP contribution >= 0.6 is 0 Å². The summed E-state index contributed by atoms with van der Waals surface area (Å²) in [5, 5.41) is 12.1. The Hall–Kier alpha value is -2.33. The molecule has 1 N–H and O–H groups in total. The van der Waals surface area contributed by atoms with Crippen molar-refractivity contribution in [2.45, 2.75) is 49.8 Å². The molecule has 4 rings (SSSR count). The number of amides is 1. The molecule has 0 radical (unpaired) electrons. The molecule has 136 valence electrons. The number of piperidine rings is 1. The molecule has 2 aliphatic rings. The zero-order valence-corrected chi connectivity index (χ0v) is 15.0. The van der Waals surface area contributed by atoms with E-state index in [-0.39, 0.29) is 24.1 Å². The Morgan fingerprint density at radius 1 is 1.12 bits per heavy atom. The van der Waals surface area contributed by atoms with Crippen molar-refractivity contribution in [2.75, 3.05) is 6.61 Å². The molecule has 4 atom stereocenters. The lowest BCUT2D eigenvalue weighted by molar-refractivity contribution is -0.0925. The molecular formula is C22H25NO3. The Bertz CT molecular complexity index is 763. The zero-order chi connectivity index (χ0) is 18.1. The van der Waals surface area contributed by atoms with Crippen molar-refractivity contribution < 1.29 is 14.6 Å². The third-order valence-electron chi connectivity index (χ3n) is 5.97. The van der Waals surface area contributed by atoms with Gasteiger partial charge >= 0.3 is 6.09 Å². The summed E-state index contributed by atoms with van der Waals surface area (Å²) in [5.74, 6) is -0.0470. The van der Waals surface area contributed by atoms with E-state index < -0.39 is 5.60 Å². The number of fused-ring (bicyclic) bond motifs is 2. The minimum atomic E-state index is -1.12. The van der Waals surface area contributed by atoms with Crippen molar-refractivity contribution in [1.29, 1.82) is 0 Å². The van der Waals surface area contributed by atoms with Gasteiger partial charge in [-0.2, -0.15) is 0 Å². The van der Waals surface area contributed by atoms with Gasteiger partial charge in [0.1, 0.15) is 5.60 Å². The van der Waals surface area contributed by atoms with Crippen molar-refractivity contribution in [2.24, 2.45) is 0 Å². The summed E-state index contributed by atoms with van der Waals surface area (Å²) < 4.78 is 5.31. The first-order chi connectivity index (χ1) is 12.7. The van der Waals surface area contributed by atoms with Gasteiger partial charge in [0.05, 0.1) is 12.6 Å². The largest absolute Gasteiger partial charge is 0.450 e. The number of nitrogens with zero attached hydrogens (tertiary/aromatic N) is 1. The molecule has 0 aliphatic carbocycles. The summed E-state index contributed by atoms with van der Waals surface area (Å²) in [4.78, 5) is 14.4. The normalized spacial score (nSPS) is 30.2. The van der Waals surface area contributed by atoms with Gasteiger partial charge in [-0.3, -0.25) is 4.90 Å². The first-order valence-electron chi connectivity index (χ1n) is 9.44. The van der Waals surface area contributed by atoms with Crippen LogP contribution in [0.15, 0.2) is 60.7 Å². The van der Waals surface area contributed by atoms with Gasteiger partial charge in [-0.15, -0.1) is 0 Å². The van der Waals surface area contributed by atoms with Gasteiger partial charge in [0.2, 0.25) is 0 Å². The van der Waals surface area contributed by atoms with E-state index in [1.165, 1.54) is 0 Å². The molecule has 2 fully saturated rings. The highest BCUT2D eigenvalue weighted by Gasteiger charge is 2.59. The average molecular weight is 351 g/mol. The number of ether oxygens (including phenoxy) is 1. The van der Waals surface area contributed by atoms with Gasteiger partial charge in [0.25, 0.3) is 0 Å². The van der Waals surface area contributed by atoms with E-state index in [4.69, 9.17) is 4.74 Å². The molecule has 2 saturated heterocycles. The van der Waals surface area contributed by atoms with E-state index in [2.05, 4.69) is 12.1 Å². The van der Waals surface area contributed by atoms with Gasteiger partial charge < -0.3 is 9.84 Å². The lowest BCUT2D eigenvalue weighted by atomic mass is 9.69. The van der Waals surface area contributed by atoms with Crippen LogP contribution in [0.1, 0.15) is 43.2 Å². The van der Waals surface area contributed by atoms with Crippen LogP contribution in [-0.2, 0) is 10.3 Å². The molecule has 4 heteroatoms. The van der Waals surface area contributed by atoms with Crippen molar-refractivity contribution in [3.8, 4) is 0 Å². The smallest absolute Gasteiger partial charge is 0.410 e. The van der Waals surface area contributed by atoms with Gasteiger partial charge in [-0.25, -0.2) is 4.79 Å². The number of carbonyl (C=O) groups is 1. The summed E-state index contributed by atoms with van der Waals surface area (Å²) in [6, 6.07) is 19.8. The molecule has 0 unspecified atom stereocenters. The maximum absolute atomic E-state index is 12.6. The fourth-order valence-corrected chi connectivity index (χ4v) is 4.88. The summed E-state index contributed by atoms with van der Waals surface area (Å²) >= 11 is 0. The van der Waals surface area contributed by atoms with Crippen molar-refractivity contribution in [1.82, 2.24) is 4.90 Å². The molecule has 26 heavy (non-hydrogen) atoms. The maximum Gasteiger partial charge on any atom is 0.410 e. The molecule has 4 nitrogen and oxygen atoms in total. The summed E-state index contributed by atoms with van der Waals surface area (Å²) in [6.45, 7) is 2.17. The monoisotopic (exact) mass is 351 g/mol. The summed E-state index contributed by atoms with van der Waals surface area (Å²) in [7, 11) is 0. The number of hydrogen-bond acceptors (Lipinski definition) is 3. The number of aliphatic hydroxyl groups is 1. The number of hydrogen-bond donors (Lipinski definition) is 1. The molecule has 0 spiro atoms. The minimum absolute atomic E-state index is 0.0470. The topological polar surface area (TPSA) is 49.8 Å². The predicted molar refractivity (Wildman–Crippen MR) is 99.8 cm³/mol. The van der Waals surface area contributed by atoms with Crippen LogP contribution in [-0.4, -0.2) is 34.8 Å². The molecule has 1 amide bonds. The first kappa shape index (κ1) is 17.1. The second-order valence-corrected chi connectivity index (χ2v) is 7.24. The van der Waals surface area contributed by atoms with E-state index >= 15 is 0 Å². The van der Waals surface area contributed by atoms with Gasteiger partial charge in [0.15, 0.2) is 0 Å². The zero-order valence-electron chi connectivity index (χ0n) is 15.0. The lowest BCUT2D eigenvalue weighted by Gasteiger charge is -2.50. The van der Waals surface area contributed by atoms with Crippen LogP contribution in [0.25, 0.3) is 0 Å². The van der Waals surface area contributed by atoms with Crippen LogP contribution in [0.5, 0.6) is 0 Å². The second kappa shape index (κ2) is 6.76. The fourth-order valence-electron chi connectivity index (χ4n) is 4.88. The van der Waals surface area contributed by atoms with Crippen LogP contribution in [0.3, 0.4) is 0 Å². The Labute approximate surface area is 154 Å². The van der Waals surface area contributed by atoms with E-state index in [9.17, 15) is 9.90 Å². The Morgan fingerprint density at radius 2 is 1.77 bits per heavy atom. The molecule has 2 aromatic carbocycles. The van der Waals surface area contributed by atoms with E-state index in [1.54, 1.807) is 4.90 Å². The van der Waals surface area contributed by atoms with Crippen molar-refractivity contribution >= 4 is 6.09 Å².